The van der Waals surface area contributed by atoms with Gasteiger partial charge in [-0.05, 0) is 76.7 Å². The Bertz CT molecular complexity index is 1560. The first-order chi connectivity index (χ1) is 18.2. The first-order valence-corrected chi connectivity index (χ1v) is 12.8. The number of aryl methyl sites for hydroxylation is 1. The van der Waals surface area contributed by atoms with Crippen molar-refractivity contribution in [2.75, 3.05) is 18.4 Å². The monoisotopic (exact) mass is 579 g/mol. The molecule has 2 amide bonds. The van der Waals surface area contributed by atoms with Gasteiger partial charge < -0.3 is 10.2 Å². The maximum absolute atomic E-state index is 13.8. The largest absolute Gasteiger partial charge is 0.339 e. The number of nitro benzene ring substituents is 1. The molecular formula is C27H23BrFN5O4. The van der Waals surface area contributed by atoms with Crippen LogP contribution in [0.3, 0.4) is 0 Å². The zero-order valence-corrected chi connectivity index (χ0v) is 21.9. The Morgan fingerprint density at radius 1 is 1.11 bits per heavy atom. The van der Waals surface area contributed by atoms with Gasteiger partial charge in [0.1, 0.15) is 10.3 Å². The summed E-state index contributed by atoms with van der Waals surface area (Å²) >= 11 is 3.03. The van der Waals surface area contributed by atoms with E-state index in [-0.39, 0.29) is 21.9 Å². The van der Waals surface area contributed by atoms with Gasteiger partial charge in [0, 0.05) is 36.8 Å². The van der Waals surface area contributed by atoms with Crippen LogP contribution in [0.5, 0.6) is 0 Å². The minimum Gasteiger partial charge on any atom is -0.339 e. The summed E-state index contributed by atoms with van der Waals surface area (Å²) in [5, 5.41) is 19.0. The second-order valence-electron chi connectivity index (χ2n) is 9.23. The highest BCUT2D eigenvalue weighted by molar-refractivity contribution is 9.10. The van der Waals surface area contributed by atoms with Crippen LogP contribution < -0.4 is 5.32 Å². The van der Waals surface area contributed by atoms with Crippen molar-refractivity contribution in [3.8, 4) is 0 Å². The van der Waals surface area contributed by atoms with E-state index >= 15 is 0 Å². The van der Waals surface area contributed by atoms with Crippen LogP contribution in [-0.4, -0.2) is 44.5 Å². The van der Waals surface area contributed by atoms with Gasteiger partial charge in [0.2, 0.25) is 0 Å². The molecule has 11 heteroatoms. The van der Waals surface area contributed by atoms with E-state index in [1.54, 1.807) is 23.0 Å². The van der Waals surface area contributed by atoms with Gasteiger partial charge in [0.25, 0.3) is 17.5 Å². The van der Waals surface area contributed by atoms with E-state index in [0.29, 0.717) is 24.3 Å². The second kappa shape index (κ2) is 10.3. The van der Waals surface area contributed by atoms with Crippen LogP contribution in [0.15, 0.2) is 65.3 Å². The molecule has 4 aromatic rings. The van der Waals surface area contributed by atoms with E-state index in [4.69, 9.17) is 0 Å². The highest BCUT2D eigenvalue weighted by Gasteiger charge is 2.25. The number of carbonyl (C=O) groups is 2. The lowest BCUT2D eigenvalue weighted by atomic mass is 9.89. The van der Waals surface area contributed by atoms with Gasteiger partial charge in [-0.15, -0.1) is 0 Å². The Morgan fingerprint density at radius 3 is 2.50 bits per heavy atom. The molecule has 38 heavy (non-hydrogen) atoms. The lowest BCUT2D eigenvalue weighted by Gasteiger charge is -2.32. The molecule has 0 saturated carbocycles. The zero-order chi connectivity index (χ0) is 27.0. The van der Waals surface area contributed by atoms with Crippen LogP contribution in [0.2, 0.25) is 0 Å². The van der Waals surface area contributed by atoms with E-state index in [0.717, 1.165) is 41.4 Å². The number of nitrogens with one attached hydrogen (secondary N) is 1. The summed E-state index contributed by atoms with van der Waals surface area (Å²) in [5.74, 6) is -1.26. The SMILES string of the molecule is Cn1ncc2cc(C(=O)N3CCC(c4ccc(NC(=O)c5cc(F)cc([N+](=O)[O-])c5Br)cc4)CC3)ccc21. The van der Waals surface area contributed by atoms with E-state index in [2.05, 4.69) is 26.3 Å². The lowest BCUT2D eigenvalue weighted by Crippen LogP contribution is -2.37. The van der Waals surface area contributed by atoms with E-state index in [9.17, 15) is 24.1 Å². The van der Waals surface area contributed by atoms with Crippen LogP contribution in [0.4, 0.5) is 15.8 Å². The standard InChI is InChI=1S/C27H23BrFN5O4/c1-32-23-7-4-18(12-19(23)15-30-32)27(36)33-10-8-17(9-11-33)16-2-5-21(6-3-16)31-26(35)22-13-20(29)14-24(25(22)28)34(37)38/h2-7,12-15,17H,8-11H2,1H3,(H,31,35). The Balaban J connectivity index is 1.21. The number of nitro groups is 1. The van der Waals surface area contributed by atoms with Crippen molar-refractivity contribution in [1.29, 1.82) is 0 Å². The molecule has 1 N–H and O–H groups in total. The molecular weight excluding hydrogens is 557 g/mol. The van der Waals surface area contributed by atoms with Crippen LogP contribution in [0, 0.1) is 15.9 Å². The predicted molar refractivity (Wildman–Crippen MR) is 144 cm³/mol. The molecule has 1 aromatic heterocycles. The molecule has 0 unspecified atom stereocenters. The van der Waals surface area contributed by atoms with E-state index < -0.39 is 22.3 Å². The first-order valence-electron chi connectivity index (χ1n) is 12.0. The highest BCUT2D eigenvalue weighted by Crippen LogP contribution is 2.32. The number of benzene rings is 3. The summed E-state index contributed by atoms with van der Waals surface area (Å²) in [6.45, 7) is 1.28. The quantitative estimate of drug-likeness (QED) is 0.242. The topological polar surface area (TPSA) is 110 Å². The van der Waals surface area contributed by atoms with Gasteiger partial charge in [-0.3, -0.25) is 24.4 Å². The molecule has 2 heterocycles. The minimum absolute atomic E-state index is 0.0102. The van der Waals surface area contributed by atoms with Gasteiger partial charge in [-0.2, -0.15) is 5.10 Å². The summed E-state index contributed by atoms with van der Waals surface area (Å²) < 4.78 is 15.5. The molecule has 3 aromatic carbocycles. The van der Waals surface area contributed by atoms with E-state index in [1.165, 1.54) is 0 Å². The fourth-order valence-electron chi connectivity index (χ4n) is 4.81. The molecule has 0 radical (unpaired) electrons. The molecule has 9 nitrogen and oxygen atoms in total. The second-order valence-corrected chi connectivity index (χ2v) is 10.0. The summed E-state index contributed by atoms with van der Waals surface area (Å²) in [7, 11) is 1.87. The molecule has 0 bridgehead atoms. The molecule has 194 valence electrons. The molecule has 0 spiro atoms. The lowest BCUT2D eigenvalue weighted by molar-refractivity contribution is -0.385. The van der Waals surface area contributed by atoms with Crippen LogP contribution in [-0.2, 0) is 7.05 Å². The van der Waals surface area contributed by atoms with Gasteiger partial charge in [0.15, 0.2) is 0 Å². The third-order valence-electron chi connectivity index (χ3n) is 6.87. The maximum atomic E-state index is 13.8. The van der Waals surface area contributed by atoms with Crippen LogP contribution in [0.1, 0.15) is 45.0 Å². The Kier molecular flexibility index (Phi) is 6.94. The van der Waals surface area contributed by atoms with Gasteiger partial charge in [-0.1, -0.05) is 12.1 Å². The number of amides is 2. The zero-order valence-electron chi connectivity index (χ0n) is 20.4. The number of aromatic nitrogens is 2. The smallest absolute Gasteiger partial charge is 0.287 e. The van der Waals surface area contributed by atoms with E-state index in [1.807, 2.05) is 42.3 Å². The van der Waals surface area contributed by atoms with Crippen LogP contribution in [0.25, 0.3) is 10.9 Å². The van der Waals surface area contributed by atoms with Crippen molar-refractivity contribution in [2.45, 2.75) is 18.8 Å². The van der Waals surface area contributed by atoms with Gasteiger partial charge in [0.05, 0.1) is 28.3 Å². The van der Waals surface area contributed by atoms with Crippen molar-refractivity contribution in [3.63, 3.8) is 0 Å². The molecule has 0 atom stereocenters. The number of carbonyl (C=O) groups excluding carboxylic acids is 2. The number of halogens is 2. The molecule has 5 rings (SSSR count). The molecule has 1 aliphatic rings. The van der Waals surface area contributed by atoms with Crippen molar-refractivity contribution in [2.24, 2.45) is 7.05 Å². The number of rotatable bonds is 5. The third-order valence-corrected chi connectivity index (χ3v) is 7.71. The van der Waals surface area contributed by atoms with Gasteiger partial charge >= 0.3 is 0 Å². The number of hydrogen-bond acceptors (Lipinski definition) is 5. The Morgan fingerprint density at radius 2 is 1.82 bits per heavy atom. The Labute approximate surface area is 225 Å². The molecule has 1 saturated heterocycles. The maximum Gasteiger partial charge on any atom is 0.287 e. The highest BCUT2D eigenvalue weighted by atomic mass is 79.9. The fraction of sp³-hybridized carbons (Fsp3) is 0.222. The van der Waals surface area contributed by atoms with Crippen molar-refractivity contribution < 1.29 is 18.9 Å². The average Bonchev–Trinajstić information content (AvgIpc) is 3.29. The minimum atomic E-state index is -0.872. The van der Waals surface area contributed by atoms with Crippen LogP contribution >= 0.6 is 15.9 Å². The van der Waals surface area contributed by atoms with Crippen molar-refractivity contribution in [3.05, 3.63) is 97.9 Å². The number of hydrogen-bond donors (Lipinski definition) is 1. The fourth-order valence-corrected chi connectivity index (χ4v) is 5.36. The average molecular weight is 580 g/mol. The summed E-state index contributed by atoms with van der Waals surface area (Å²) in [6, 6.07) is 14.7. The first kappa shape index (κ1) is 25.5. The Hall–Kier alpha value is -4.12. The normalized spacial score (nSPS) is 14.0. The molecule has 0 aliphatic carbocycles. The number of piperidine rings is 1. The number of nitrogens with zero attached hydrogens (tertiary/aromatic N) is 4. The number of anilines is 1. The van der Waals surface area contributed by atoms with Gasteiger partial charge in [-0.25, -0.2) is 4.39 Å². The number of fused-ring (bicyclic) bond motifs is 1. The summed E-state index contributed by atoms with van der Waals surface area (Å²) in [4.78, 5) is 38.0. The summed E-state index contributed by atoms with van der Waals surface area (Å²) in [6.07, 6.45) is 3.38. The number of likely N-dealkylation sites (tertiary alicyclic amines) is 1. The summed E-state index contributed by atoms with van der Waals surface area (Å²) in [5.41, 5.74) is 2.52. The molecule has 1 aliphatic heterocycles. The predicted octanol–water partition coefficient (Wildman–Crippen LogP) is 5.66. The van der Waals surface area contributed by atoms with Crippen molar-refractivity contribution >= 4 is 50.0 Å². The third kappa shape index (κ3) is 5.01. The van der Waals surface area contributed by atoms with Crippen molar-refractivity contribution in [1.82, 2.24) is 14.7 Å². The molecule has 1 fully saturated rings.